The van der Waals surface area contributed by atoms with E-state index in [1.165, 1.54) is 0 Å². The third kappa shape index (κ3) is 9.93. The van der Waals surface area contributed by atoms with E-state index in [-0.39, 0.29) is 18.3 Å². The molecule has 0 heterocycles. The number of carboxylic acids is 1. The van der Waals surface area contributed by atoms with Crippen molar-refractivity contribution in [3.63, 3.8) is 0 Å². The van der Waals surface area contributed by atoms with Gasteiger partial charge in [-0.3, -0.25) is 4.79 Å². The molecule has 0 bridgehead atoms. The molecular weight excluding hydrogens is 380 g/mol. The van der Waals surface area contributed by atoms with Gasteiger partial charge in [0.2, 0.25) is 0 Å². The predicted octanol–water partition coefficient (Wildman–Crippen LogP) is 4.22. The summed E-state index contributed by atoms with van der Waals surface area (Å²) in [6.45, 7) is 3.89. The molecule has 1 aliphatic carbocycles. The van der Waals surface area contributed by atoms with Gasteiger partial charge in [-0.25, -0.2) is 0 Å². The van der Waals surface area contributed by atoms with E-state index in [0.29, 0.717) is 38.5 Å². The minimum absolute atomic E-state index is 0.0816. The van der Waals surface area contributed by atoms with Gasteiger partial charge in [-0.15, -0.1) is 5.92 Å². The van der Waals surface area contributed by atoms with E-state index in [0.717, 1.165) is 25.7 Å². The van der Waals surface area contributed by atoms with Crippen LogP contribution in [0.4, 0.5) is 0 Å². The maximum atomic E-state index is 10.8. The number of rotatable bonds is 14. The lowest BCUT2D eigenvalue weighted by molar-refractivity contribution is -0.137. The monoisotopic (exact) mass is 420 g/mol. The fourth-order valence-corrected chi connectivity index (χ4v) is 4.16. The first kappa shape index (κ1) is 26.4. The summed E-state index contributed by atoms with van der Waals surface area (Å²) in [6, 6.07) is 0. The summed E-state index contributed by atoms with van der Waals surface area (Å²) >= 11 is 0. The first-order valence-corrected chi connectivity index (χ1v) is 11.4. The highest BCUT2D eigenvalue weighted by molar-refractivity contribution is 5.66. The zero-order valence-electron chi connectivity index (χ0n) is 18.6. The smallest absolute Gasteiger partial charge is 0.303 e. The normalized spacial score (nSPS) is 26.0. The second kappa shape index (κ2) is 14.4. The Morgan fingerprint density at radius 3 is 2.53 bits per heavy atom. The number of unbranched alkanes of at least 4 members (excludes halogenated alkanes) is 4. The molecule has 0 aliphatic heterocycles. The van der Waals surface area contributed by atoms with Crippen molar-refractivity contribution in [3.8, 4) is 11.8 Å². The van der Waals surface area contributed by atoms with Crippen molar-refractivity contribution >= 4 is 5.97 Å². The number of aliphatic carboxylic acids is 1. The summed E-state index contributed by atoms with van der Waals surface area (Å²) in [5.41, 5.74) is -1.04. The molecule has 1 unspecified atom stereocenters. The average molecular weight is 421 g/mol. The summed E-state index contributed by atoms with van der Waals surface area (Å²) < 4.78 is 0. The van der Waals surface area contributed by atoms with Crippen molar-refractivity contribution in [2.24, 2.45) is 11.8 Å². The van der Waals surface area contributed by atoms with Crippen LogP contribution in [-0.4, -0.2) is 44.2 Å². The van der Waals surface area contributed by atoms with Gasteiger partial charge in [-0.05, 0) is 44.9 Å². The molecular formula is C25H40O5. The standard InChI is InChI=1S/C25H40O5/c1-3-5-6-11-17-25(30,16-4-2)18-12-14-21-20(22(26)19-23(21)27)13-9-7-8-10-15-24(28)29/h7,9,12,14,20-23,26-27,30H,3,5-6,8,10-11,13,15,17-19H2,1-2H3,(H,28,29)/t20-,21-,22+,23-,25?/m1/s1. The minimum atomic E-state index is -1.04. The molecule has 1 aliphatic rings. The predicted molar refractivity (Wildman–Crippen MR) is 120 cm³/mol. The van der Waals surface area contributed by atoms with E-state index in [4.69, 9.17) is 5.11 Å². The molecule has 0 aromatic heterocycles. The summed E-state index contributed by atoms with van der Waals surface area (Å²) in [5.74, 6) is 4.74. The number of allylic oxidation sites excluding steroid dienone is 2. The van der Waals surface area contributed by atoms with Crippen molar-refractivity contribution < 1.29 is 25.2 Å². The second-order valence-corrected chi connectivity index (χ2v) is 8.45. The third-order valence-corrected chi connectivity index (χ3v) is 5.87. The molecule has 0 saturated heterocycles. The maximum Gasteiger partial charge on any atom is 0.303 e. The van der Waals surface area contributed by atoms with Gasteiger partial charge < -0.3 is 20.4 Å². The lowest BCUT2D eigenvalue weighted by Crippen LogP contribution is -2.26. The van der Waals surface area contributed by atoms with Crippen LogP contribution < -0.4 is 0 Å². The highest BCUT2D eigenvalue weighted by Crippen LogP contribution is 2.36. The molecule has 4 N–H and O–H groups in total. The van der Waals surface area contributed by atoms with E-state index in [2.05, 4.69) is 18.8 Å². The molecule has 5 heteroatoms. The van der Waals surface area contributed by atoms with Crippen LogP contribution in [0.3, 0.4) is 0 Å². The minimum Gasteiger partial charge on any atom is -0.481 e. The topological polar surface area (TPSA) is 98.0 Å². The van der Waals surface area contributed by atoms with Crippen LogP contribution in [0.5, 0.6) is 0 Å². The number of aliphatic hydroxyl groups is 3. The highest BCUT2D eigenvalue weighted by atomic mass is 16.4. The number of carbonyl (C=O) groups is 1. The van der Waals surface area contributed by atoms with Crippen LogP contribution in [0, 0.1) is 23.7 Å². The molecule has 0 amide bonds. The molecule has 0 aromatic carbocycles. The number of hydrogen-bond acceptors (Lipinski definition) is 4. The van der Waals surface area contributed by atoms with E-state index < -0.39 is 23.8 Å². The SMILES string of the molecule is CC#CC(O)(CC=C[C@@H]1[C@@H](CC=CCCCC(=O)O)[C@@H](O)C[C@H]1O)CCCCCC. The molecule has 1 rings (SSSR count). The van der Waals surface area contributed by atoms with Crippen molar-refractivity contribution in [1.82, 2.24) is 0 Å². The lowest BCUT2D eigenvalue weighted by atomic mass is 9.88. The molecule has 30 heavy (non-hydrogen) atoms. The Hall–Kier alpha value is -1.61. The Morgan fingerprint density at radius 1 is 1.10 bits per heavy atom. The van der Waals surface area contributed by atoms with E-state index >= 15 is 0 Å². The molecule has 1 saturated carbocycles. The van der Waals surface area contributed by atoms with Crippen LogP contribution in [-0.2, 0) is 4.79 Å². The van der Waals surface area contributed by atoms with Crippen molar-refractivity contribution in [3.05, 3.63) is 24.3 Å². The Kier molecular flexibility index (Phi) is 12.7. The maximum absolute atomic E-state index is 10.8. The van der Waals surface area contributed by atoms with Gasteiger partial charge in [0.15, 0.2) is 0 Å². The summed E-state index contributed by atoms with van der Waals surface area (Å²) in [4.78, 5) is 10.5. The fourth-order valence-electron chi connectivity index (χ4n) is 4.16. The summed E-state index contributed by atoms with van der Waals surface area (Å²) in [7, 11) is 0. The van der Waals surface area contributed by atoms with Gasteiger partial charge >= 0.3 is 5.97 Å². The largest absolute Gasteiger partial charge is 0.481 e. The highest BCUT2D eigenvalue weighted by Gasteiger charge is 2.39. The second-order valence-electron chi connectivity index (χ2n) is 8.45. The van der Waals surface area contributed by atoms with Crippen molar-refractivity contribution in [1.29, 1.82) is 0 Å². The zero-order valence-corrected chi connectivity index (χ0v) is 18.6. The molecule has 0 aromatic rings. The van der Waals surface area contributed by atoms with Crippen LogP contribution in [0.1, 0.15) is 84.5 Å². The lowest BCUT2D eigenvalue weighted by Gasteiger charge is -2.22. The molecule has 0 radical (unpaired) electrons. The Balaban J connectivity index is 2.62. The van der Waals surface area contributed by atoms with Gasteiger partial charge in [-0.2, -0.15) is 0 Å². The van der Waals surface area contributed by atoms with Crippen LogP contribution >= 0.6 is 0 Å². The first-order chi connectivity index (χ1) is 14.3. The number of hydrogen-bond donors (Lipinski definition) is 4. The van der Waals surface area contributed by atoms with Crippen molar-refractivity contribution in [2.75, 3.05) is 0 Å². The van der Waals surface area contributed by atoms with Crippen LogP contribution in [0.15, 0.2) is 24.3 Å². The van der Waals surface area contributed by atoms with E-state index in [9.17, 15) is 20.1 Å². The van der Waals surface area contributed by atoms with Gasteiger partial charge in [-0.1, -0.05) is 56.4 Å². The molecule has 170 valence electrons. The van der Waals surface area contributed by atoms with Gasteiger partial charge in [0, 0.05) is 25.2 Å². The Labute approximate surface area is 181 Å². The van der Waals surface area contributed by atoms with Crippen LogP contribution in [0.2, 0.25) is 0 Å². The summed E-state index contributed by atoms with van der Waals surface area (Å²) in [6.07, 6.45) is 14.4. The Morgan fingerprint density at radius 2 is 1.87 bits per heavy atom. The van der Waals surface area contributed by atoms with E-state index in [1.807, 2.05) is 24.3 Å². The quantitative estimate of drug-likeness (QED) is 0.192. The van der Waals surface area contributed by atoms with Crippen molar-refractivity contribution in [2.45, 2.75) is 102 Å². The molecule has 1 fully saturated rings. The summed E-state index contributed by atoms with van der Waals surface area (Å²) in [5, 5.41) is 40.2. The van der Waals surface area contributed by atoms with Gasteiger partial charge in [0.25, 0.3) is 0 Å². The molecule has 5 atom stereocenters. The van der Waals surface area contributed by atoms with Gasteiger partial charge in [0.1, 0.15) is 5.60 Å². The molecule has 5 nitrogen and oxygen atoms in total. The van der Waals surface area contributed by atoms with Crippen LogP contribution in [0.25, 0.3) is 0 Å². The molecule has 0 spiro atoms. The van der Waals surface area contributed by atoms with Gasteiger partial charge in [0.05, 0.1) is 12.2 Å². The first-order valence-electron chi connectivity index (χ1n) is 11.4. The Bertz CT molecular complexity index is 615. The fraction of sp³-hybridized carbons (Fsp3) is 0.720. The third-order valence-electron chi connectivity index (χ3n) is 5.87. The zero-order chi connectivity index (χ0) is 22.4. The number of aliphatic hydroxyl groups excluding tert-OH is 2. The number of carboxylic acid groups (broad SMARTS) is 1. The average Bonchev–Trinajstić information content (AvgIpc) is 2.95. The van der Waals surface area contributed by atoms with E-state index in [1.54, 1.807) is 6.92 Å².